The van der Waals surface area contributed by atoms with Crippen molar-refractivity contribution in [3.8, 4) is 0 Å². The molecule has 3 nitrogen and oxygen atoms in total. The Hall–Kier alpha value is -0.900. The van der Waals surface area contributed by atoms with Crippen molar-refractivity contribution < 1.29 is 4.74 Å². The van der Waals surface area contributed by atoms with Crippen LogP contribution in [0.1, 0.15) is 16.7 Å². The number of hydrogen-bond donors (Lipinski definition) is 1. The standard InChI is InChI=1S/C16H26N2O/c1-13-4-5-15(14(2)8-13)6-7-18(3)10-16(9-17)11-19-12-16/h4-5,8H,6-7,9-12,17H2,1-3H3. The zero-order chi connectivity index (χ0) is 13.9. The van der Waals surface area contributed by atoms with E-state index >= 15 is 0 Å². The summed E-state index contributed by atoms with van der Waals surface area (Å²) in [4.78, 5) is 2.38. The highest BCUT2D eigenvalue weighted by Crippen LogP contribution is 2.26. The van der Waals surface area contributed by atoms with Crippen LogP contribution in [0.15, 0.2) is 18.2 Å². The fraction of sp³-hybridized carbons (Fsp3) is 0.625. The summed E-state index contributed by atoms with van der Waals surface area (Å²) in [6.45, 7) is 8.81. The maximum atomic E-state index is 5.86. The van der Waals surface area contributed by atoms with Gasteiger partial charge in [0, 0.05) is 25.0 Å². The van der Waals surface area contributed by atoms with Gasteiger partial charge in [-0.05, 0) is 38.4 Å². The van der Waals surface area contributed by atoms with E-state index in [0.29, 0.717) is 0 Å². The predicted molar refractivity (Wildman–Crippen MR) is 79.4 cm³/mol. The molecule has 0 aromatic heterocycles. The first kappa shape index (κ1) is 14.5. The van der Waals surface area contributed by atoms with Gasteiger partial charge in [0.15, 0.2) is 0 Å². The molecular weight excluding hydrogens is 236 g/mol. The summed E-state index contributed by atoms with van der Waals surface area (Å²) in [6.07, 6.45) is 1.10. The normalized spacial score (nSPS) is 17.5. The van der Waals surface area contributed by atoms with Crippen LogP contribution in [0.3, 0.4) is 0 Å². The zero-order valence-corrected chi connectivity index (χ0v) is 12.4. The van der Waals surface area contributed by atoms with Crippen molar-refractivity contribution in [2.24, 2.45) is 11.1 Å². The second-order valence-electron chi connectivity index (χ2n) is 6.11. The molecule has 0 amide bonds. The van der Waals surface area contributed by atoms with Crippen LogP contribution in [0.4, 0.5) is 0 Å². The first-order valence-electron chi connectivity index (χ1n) is 7.07. The molecule has 2 N–H and O–H groups in total. The average Bonchev–Trinajstić information content (AvgIpc) is 2.33. The monoisotopic (exact) mass is 262 g/mol. The van der Waals surface area contributed by atoms with Gasteiger partial charge < -0.3 is 15.4 Å². The molecule has 0 radical (unpaired) electrons. The van der Waals surface area contributed by atoms with Crippen molar-refractivity contribution in [2.45, 2.75) is 20.3 Å². The quantitative estimate of drug-likeness (QED) is 0.849. The third kappa shape index (κ3) is 3.56. The highest BCUT2D eigenvalue weighted by Gasteiger charge is 2.37. The van der Waals surface area contributed by atoms with Crippen LogP contribution in [0, 0.1) is 19.3 Å². The molecule has 2 rings (SSSR count). The van der Waals surface area contributed by atoms with E-state index in [9.17, 15) is 0 Å². The molecule has 106 valence electrons. The average molecular weight is 262 g/mol. The molecule has 1 heterocycles. The van der Waals surface area contributed by atoms with Gasteiger partial charge in [0.2, 0.25) is 0 Å². The van der Waals surface area contributed by atoms with Gasteiger partial charge >= 0.3 is 0 Å². The number of nitrogens with two attached hydrogens (primary N) is 1. The van der Waals surface area contributed by atoms with Crippen molar-refractivity contribution in [1.82, 2.24) is 4.90 Å². The molecule has 3 heteroatoms. The lowest BCUT2D eigenvalue weighted by molar-refractivity contribution is -0.117. The smallest absolute Gasteiger partial charge is 0.0569 e. The summed E-state index contributed by atoms with van der Waals surface area (Å²) in [5, 5.41) is 0. The van der Waals surface area contributed by atoms with Crippen LogP contribution in [0.2, 0.25) is 0 Å². The number of aryl methyl sites for hydroxylation is 2. The van der Waals surface area contributed by atoms with Gasteiger partial charge in [-0.2, -0.15) is 0 Å². The molecule has 0 aliphatic carbocycles. The summed E-state index contributed by atoms with van der Waals surface area (Å²) in [5.74, 6) is 0. The summed E-state index contributed by atoms with van der Waals surface area (Å²) in [7, 11) is 2.18. The summed E-state index contributed by atoms with van der Waals surface area (Å²) < 4.78 is 5.32. The topological polar surface area (TPSA) is 38.5 Å². The molecule has 1 aliphatic rings. The van der Waals surface area contributed by atoms with Crippen LogP contribution in [-0.2, 0) is 11.2 Å². The highest BCUT2D eigenvalue weighted by molar-refractivity contribution is 5.30. The van der Waals surface area contributed by atoms with Gasteiger partial charge in [-0.3, -0.25) is 0 Å². The van der Waals surface area contributed by atoms with E-state index in [0.717, 1.165) is 39.3 Å². The maximum absolute atomic E-state index is 5.86. The largest absolute Gasteiger partial charge is 0.380 e. The van der Waals surface area contributed by atoms with E-state index in [4.69, 9.17) is 10.5 Å². The number of benzene rings is 1. The number of rotatable bonds is 6. The summed E-state index contributed by atoms with van der Waals surface area (Å²) in [5.41, 5.74) is 10.2. The molecule has 1 fully saturated rings. The minimum Gasteiger partial charge on any atom is -0.380 e. The van der Waals surface area contributed by atoms with Crippen molar-refractivity contribution in [2.75, 3.05) is 39.9 Å². The van der Waals surface area contributed by atoms with E-state index in [1.807, 2.05) is 0 Å². The maximum Gasteiger partial charge on any atom is 0.0569 e. The van der Waals surface area contributed by atoms with Gasteiger partial charge in [-0.1, -0.05) is 23.8 Å². The van der Waals surface area contributed by atoms with Gasteiger partial charge in [-0.15, -0.1) is 0 Å². The Bertz CT molecular complexity index is 421. The molecule has 1 aliphatic heterocycles. The molecule has 0 unspecified atom stereocenters. The number of likely N-dealkylation sites (N-methyl/N-ethyl adjacent to an activating group) is 1. The molecule has 0 atom stereocenters. The fourth-order valence-corrected chi connectivity index (χ4v) is 2.75. The number of hydrogen-bond acceptors (Lipinski definition) is 3. The lowest BCUT2D eigenvalue weighted by Gasteiger charge is -2.43. The van der Waals surface area contributed by atoms with Crippen LogP contribution in [-0.4, -0.2) is 44.8 Å². The number of nitrogens with zero attached hydrogens (tertiary/aromatic N) is 1. The Morgan fingerprint density at radius 1 is 1.32 bits per heavy atom. The molecule has 1 aromatic rings. The van der Waals surface area contributed by atoms with Crippen molar-refractivity contribution >= 4 is 0 Å². The minimum atomic E-state index is 0.205. The van der Waals surface area contributed by atoms with E-state index < -0.39 is 0 Å². The summed E-state index contributed by atoms with van der Waals surface area (Å²) >= 11 is 0. The lowest BCUT2D eigenvalue weighted by Crippen LogP contribution is -2.54. The molecule has 1 aromatic carbocycles. The summed E-state index contributed by atoms with van der Waals surface area (Å²) in [6, 6.07) is 6.71. The van der Waals surface area contributed by atoms with E-state index in [-0.39, 0.29) is 5.41 Å². The van der Waals surface area contributed by atoms with Crippen molar-refractivity contribution in [3.05, 3.63) is 34.9 Å². The third-order valence-electron chi connectivity index (χ3n) is 4.12. The second-order valence-corrected chi connectivity index (χ2v) is 6.11. The van der Waals surface area contributed by atoms with Crippen LogP contribution >= 0.6 is 0 Å². The zero-order valence-electron chi connectivity index (χ0n) is 12.4. The third-order valence-corrected chi connectivity index (χ3v) is 4.12. The van der Waals surface area contributed by atoms with Gasteiger partial charge in [-0.25, -0.2) is 0 Å². The lowest BCUT2D eigenvalue weighted by atomic mass is 9.85. The molecule has 0 saturated carbocycles. The minimum absolute atomic E-state index is 0.205. The SMILES string of the molecule is Cc1ccc(CCN(C)CC2(CN)COC2)c(C)c1. The van der Waals surface area contributed by atoms with Crippen LogP contribution < -0.4 is 5.73 Å². The Kier molecular flexibility index (Phi) is 4.61. The Morgan fingerprint density at radius 3 is 2.58 bits per heavy atom. The van der Waals surface area contributed by atoms with Gasteiger partial charge in [0.05, 0.1) is 13.2 Å². The van der Waals surface area contributed by atoms with E-state index in [1.165, 1.54) is 16.7 Å². The number of ether oxygens (including phenoxy) is 1. The molecule has 0 spiro atoms. The second kappa shape index (κ2) is 6.04. The molecule has 19 heavy (non-hydrogen) atoms. The first-order valence-corrected chi connectivity index (χ1v) is 7.07. The van der Waals surface area contributed by atoms with E-state index in [2.05, 4.69) is 44.0 Å². The van der Waals surface area contributed by atoms with Crippen molar-refractivity contribution in [1.29, 1.82) is 0 Å². The van der Waals surface area contributed by atoms with Crippen LogP contribution in [0.25, 0.3) is 0 Å². The van der Waals surface area contributed by atoms with Gasteiger partial charge in [0.1, 0.15) is 0 Å². The Balaban J connectivity index is 1.84. The first-order chi connectivity index (χ1) is 9.04. The predicted octanol–water partition coefficient (Wildman–Crippen LogP) is 1.75. The van der Waals surface area contributed by atoms with E-state index in [1.54, 1.807) is 0 Å². The molecule has 1 saturated heterocycles. The molecule has 0 bridgehead atoms. The fourth-order valence-electron chi connectivity index (χ4n) is 2.75. The van der Waals surface area contributed by atoms with Crippen LogP contribution in [0.5, 0.6) is 0 Å². The molecular formula is C16H26N2O. The van der Waals surface area contributed by atoms with Crippen molar-refractivity contribution in [3.63, 3.8) is 0 Å². The highest BCUT2D eigenvalue weighted by atomic mass is 16.5. The van der Waals surface area contributed by atoms with Gasteiger partial charge in [0.25, 0.3) is 0 Å². The Morgan fingerprint density at radius 2 is 2.05 bits per heavy atom. The Labute approximate surface area is 116 Å².